The summed E-state index contributed by atoms with van der Waals surface area (Å²) >= 11 is 0. The Bertz CT molecular complexity index is 662. The largest absolute Gasteiger partial charge is 0.445 e. The Morgan fingerprint density at radius 2 is 1.93 bits per heavy atom. The first-order valence-corrected chi connectivity index (χ1v) is 9.84. The maximum absolute atomic E-state index is 13.5. The highest BCUT2D eigenvalue weighted by Crippen LogP contribution is 2.32. The van der Waals surface area contributed by atoms with Crippen molar-refractivity contribution in [1.82, 2.24) is 9.62 Å². The fourth-order valence-corrected chi connectivity index (χ4v) is 3.67. The lowest BCUT2D eigenvalue weighted by atomic mass is 9.99. The molecule has 0 bridgehead atoms. The molecule has 1 aromatic rings. The fourth-order valence-electron chi connectivity index (χ4n) is 2.76. The van der Waals surface area contributed by atoms with Gasteiger partial charge in [0.15, 0.2) is 0 Å². The molecule has 0 aromatic heterocycles. The van der Waals surface area contributed by atoms with Gasteiger partial charge < -0.3 is 9.64 Å². The van der Waals surface area contributed by atoms with Crippen LogP contribution in [0.3, 0.4) is 0 Å². The van der Waals surface area contributed by atoms with Gasteiger partial charge in [0.2, 0.25) is 0 Å². The normalized spacial score (nSPS) is 20.4. The molecule has 1 N–H and O–H groups in total. The predicted molar refractivity (Wildman–Crippen MR) is 97.2 cm³/mol. The number of benzene rings is 1. The lowest BCUT2D eigenvalue weighted by Crippen LogP contribution is -2.52. The average Bonchev–Trinajstić information content (AvgIpc) is 3.06. The molecular formula is C18H25F3N2O3S. The Balaban J connectivity index is 1.96. The van der Waals surface area contributed by atoms with Crippen LogP contribution in [0.5, 0.6) is 0 Å². The number of hydrogen-bond acceptors (Lipinski definition) is 3. The minimum Gasteiger partial charge on any atom is -0.445 e. The summed E-state index contributed by atoms with van der Waals surface area (Å²) in [5.41, 5.74) is 0.803. The van der Waals surface area contributed by atoms with Crippen LogP contribution in [-0.4, -0.2) is 45.3 Å². The number of ether oxygens (including phenoxy) is 1. The van der Waals surface area contributed by atoms with Gasteiger partial charge in [-0.2, -0.15) is 13.2 Å². The van der Waals surface area contributed by atoms with Crippen molar-refractivity contribution in [1.29, 1.82) is 0 Å². The van der Waals surface area contributed by atoms with Gasteiger partial charge in [0, 0.05) is 19.0 Å². The number of nitrogens with zero attached hydrogens (tertiary/aromatic N) is 1. The molecule has 1 fully saturated rings. The SMILES string of the molecule is CC(C)(C)S(=O)NC([C@H]1CCN(C(=O)OCc2ccccc2)C1)C(F)(F)F. The number of alkyl halides is 3. The minimum atomic E-state index is -4.56. The standard InChI is InChI=1S/C18H25F3N2O3S/c1-17(2,3)27(25)22-15(18(19,20)21)14-9-10-23(11-14)16(24)26-12-13-7-5-4-6-8-13/h4-8,14-15,22H,9-12H2,1-3H3/t14-,15?,27?/m0/s1. The van der Waals surface area contributed by atoms with Crippen LogP contribution in [0.15, 0.2) is 30.3 Å². The van der Waals surface area contributed by atoms with Crippen molar-refractivity contribution >= 4 is 17.1 Å². The molecule has 1 saturated heterocycles. The third-order valence-electron chi connectivity index (χ3n) is 4.30. The molecular weight excluding hydrogens is 381 g/mol. The van der Waals surface area contributed by atoms with Gasteiger partial charge in [0.05, 0.1) is 15.7 Å². The number of likely N-dealkylation sites (tertiary alicyclic amines) is 1. The van der Waals surface area contributed by atoms with Crippen molar-refractivity contribution in [2.45, 2.75) is 50.8 Å². The van der Waals surface area contributed by atoms with E-state index in [0.717, 1.165) is 5.56 Å². The summed E-state index contributed by atoms with van der Waals surface area (Å²) in [5, 5.41) is 0. The van der Waals surface area contributed by atoms with Crippen LogP contribution in [0.2, 0.25) is 0 Å². The van der Waals surface area contributed by atoms with E-state index in [1.165, 1.54) is 4.90 Å². The minimum absolute atomic E-state index is 0.0653. The van der Waals surface area contributed by atoms with Crippen molar-refractivity contribution in [2.24, 2.45) is 5.92 Å². The second-order valence-corrected chi connectivity index (χ2v) is 9.55. The van der Waals surface area contributed by atoms with Crippen LogP contribution in [0.25, 0.3) is 0 Å². The molecule has 0 aliphatic carbocycles. The Hall–Kier alpha value is -1.61. The molecule has 0 spiro atoms. The molecule has 0 saturated carbocycles. The summed E-state index contributed by atoms with van der Waals surface area (Å²) in [7, 11) is -1.86. The predicted octanol–water partition coefficient (Wildman–Crippen LogP) is 3.63. The van der Waals surface area contributed by atoms with E-state index in [9.17, 15) is 22.2 Å². The van der Waals surface area contributed by atoms with E-state index >= 15 is 0 Å². The van der Waals surface area contributed by atoms with Crippen LogP contribution in [0.4, 0.5) is 18.0 Å². The second kappa shape index (κ2) is 8.60. The molecule has 27 heavy (non-hydrogen) atoms. The number of hydrogen-bond donors (Lipinski definition) is 1. The van der Waals surface area contributed by atoms with Crippen LogP contribution in [-0.2, 0) is 22.3 Å². The molecule has 1 aliphatic heterocycles. The summed E-state index contributed by atoms with van der Waals surface area (Å²) in [6, 6.07) is 7.11. The van der Waals surface area contributed by atoms with E-state index in [4.69, 9.17) is 4.74 Å². The quantitative estimate of drug-likeness (QED) is 0.813. The van der Waals surface area contributed by atoms with E-state index in [2.05, 4.69) is 4.72 Å². The summed E-state index contributed by atoms with van der Waals surface area (Å²) in [6.45, 7) is 4.96. The Kier molecular flexibility index (Phi) is 6.91. The number of amides is 1. The number of nitrogens with one attached hydrogen (secondary N) is 1. The molecule has 1 amide bonds. The molecule has 3 atom stereocenters. The van der Waals surface area contributed by atoms with Gasteiger partial charge in [0.1, 0.15) is 12.6 Å². The molecule has 1 heterocycles. The first kappa shape index (κ1) is 21.7. The van der Waals surface area contributed by atoms with Crippen molar-refractivity contribution in [3.63, 3.8) is 0 Å². The van der Waals surface area contributed by atoms with Crippen LogP contribution < -0.4 is 4.72 Å². The van der Waals surface area contributed by atoms with Crippen molar-refractivity contribution in [3.8, 4) is 0 Å². The van der Waals surface area contributed by atoms with Crippen LogP contribution >= 0.6 is 0 Å². The zero-order valence-corrected chi connectivity index (χ0v) is 16.4. The van der Waals surface area contributed by atoms with E-state index in [1.807, 2.05) is 18.2 Å². The maximum Gasteiger partial charge on any atom is 0.410 e. The van der Waals surface area contributed by atoms with Gasteiger partial charge in [-0.25, -0.2) is 13.7 Å². The van der Waals surface area contributed by atoms with Crippen molar-refractivity contribution in [3.05, 3.63) is 35.9 Å². The first-order valence-electron chi connectivity index (χ1n) is 8.69. The third-order valence-corrected chi connectivity index (χ3v) is 5.88. The number of carbonyl (C=O) groups is 1. The first-order chi connectivity index (χ1) is 12.5. The lowest BCUT2D eigenvalue weighted by molar-refractivity contribution is -0.161. The molecule has 5 nitrogen and oxygen atoms in total. The summed E-state index contributed by atoms with van der Waals surface area (Å²) in [5.74, 6) is -0.874. The third kappa shape index (κ3) is 6.21. The lowest BCUT2D eigenvalue weighted by Gasteiger charge is -2.29. The van der Waals surface area contributed by atoms with E-state index in [1.54, 1.807) is 32.9 Å². The highest BCUT2D eigenvalue weighted by molar-refractivity contribution is 7.84. The second-order valence-electron chi connectivity index (χ2n) is 7.55. The summed E-state index contributed by atoms with van der Waals surface area (Å²) in [6.07, 6.45) is -5.03. The Morgan fingerprint density at radius 3 is 2.48 bits per heavy atom. The van der Waals surface area contributed by atoms with E-state index in [-0.39, 0.29) is 26.1 Å². The van der Waals surface area contributed by atoms with Gasteiger partial charge in [0.25, 0.3) is 0 Å². The highest BCUT2D eigenvalue weighted by Gasteiger charge is 2.49. The number of halogens is 3. The van der Waals surface area contributed by atoms with Crippen LogP contribution in [0, 0.1) is 5.92 Å². The highest BCUT2D eigenvalue weighted by atomic mass is 32.2. The number of rotatable bonds is 5. The molecule has 1 aliphatic rings. The summed E-state index contributed by atoms with van der Waals surface area (Å²) in [4.78, 5) is 13.4. The maximum atomic E-state index is 13.5. The monoisotopic (exact) mass is 406 g/mol. The Labute approximate surface area is 159 Å². The van der Waals surface area contributed by atoms with E-state index < -0.39 is 40.0 Å². The topological polar surface area (TPSA) is 58.6 Å². The van der Waals surface area contributed by atoms with Gasteiger partial charge in [-0.05, 0) is 32.8 Å². The molecule has 9 heteroatoms. The van der Waals surface area contributed by atoms with Gasteiger partial charge in [-0.1, -0.05) is 30.3 Å². The zero-order chi connectivity index (χ0) is 20.2. The molecule has 0 radical (unpaired) electrons. The number of carbonyl (C=O) groups excluding carboxylic acids is 1. The summed E-state index contributed by atoms with van der Waals surface area (Å²) < 4.78 is 59.2. The smallest absolute Gasteiger partial charge is 0.410 e. The molecule has 2 unspecified atom stereocenters. The van der Waals surface area contributed by atoms with Gasteiger partial charge in [-0.15, -0.1) is 0 Å². The Morgan fingerprint density at radius 1 is 1.30 bits per heavy atom. The molecule has 152 valence electrons. The molecule has 2 rings (SSSR count). The van der Waals surface area contributed by atoms with Gasteiger partial charge >= 0.3 is 12.3 Å². The fraction of sp³-hybridized carbons (Fsp3) is 0.611. The molecule has 1 aromatic carbocycles. The van der Waals surface area contributed by atoms with Gasteiger partial charge in [-0.3, -0.25) is 0 Å². The van der Waals surface area contributed by atoms with Crippen molar-refractivity contribution in [2.75, 3.05) is 13.1 Å². The van der Waals surface area contributed by atoms with Crippen LogP contribution in [0.1, 0.15) is 32.8 Å². The zero-order valence-electron chi connectivity index (χ0n) is 15.6. The van der Waals surface area contributed by atoms with Crippen molar-refractivity contribution < 1.29 is 26.9 Å². The van der Waals surface area contributed by atoms with E-state index in [0.29, 0.717) is 0 Å². The average molecular weight is 406 g/mol.